The van der Waals surface area contributed by atoms with Gasteiger partial charge >= 0.3 is 0 Å². The normalized spacial score (nSPS) is 12.0. The Hall–Kier alpha value is -1.62. The Labute approximate surface area is 115 Å². The minimum Gasteiger partial charge on any atom is -0.336 e. The lowest BCUT2D eigenvalue weighted by atomic mass is 10.1. The van der Waals surface area contributed by atoms with Crippen LogP contribution in [0.5, 0.6) is 0 Å². The highest BCUT2D eigenvalue weighted by atomic mass is 16.2. The van der Waals surface area contributed by atoms with Crippen LogP contribution in [0.1, 0.15) is 50.4 Å². The second kappa shape index (κ2) is 7.74. The third kappa shape index (κ3) is 3.92. The van der Waals surface area contributed by atoms with Crippen molar-refractivity contribution in [1.29, 1.82) is 0 Å². The summed E-state index contributed by atoms with van der Waals surface area (Å²) in [5.74, 6) is 5.45. The molecular formula is C14H24N4O. The number of carbonyl (C=O) groups excluding carboxylic acids is 1. The molecule has 0 saturated carbocycles. The molecule has 5 heteroatoms. The second-order valence-electron chi connectivity index (χ2n) is 4.67. The molecule has 0 aliphatic rings. The van der Waals surface area contributed by atoms with Gasteiger partial charge in [0.15, 0.2) is 0 Å². The summed E-state index contributed by atoms with van der Waals surface area (Å²) in [5, 5.41) is 0. The van der Waals surface area contributed by atoms with Crippen LogP contribution in [-0.4, -0.2) is 28.4 Å². The molecule has 0 fully saturated rings. The molecule has 19 heavy (non-hydrogen) atoms. The fourth-order valence-corrected chi connectivity index (χ4v) is 1.92. The van der Waals surface area contributed by atoms with Crippen LogP contribution in [0.25, 0.3) is 0 Å². The SMILES string of the molecule is CCCCN(C(=O)c1ccncc1NN)C(C)CC. The number of hydrogen-bond acceptors (Lipinski definition) is 4. The molecule has 106 valence electrons. The lowest BCUT2D eigenvalue weighted by Crippen LogP contribution is -2.39. The van der Waals surface area contributed by atoms with Crippen LogP contribution in [0.15, 0.2) is 18.5 Å². The standard InChI is InChI=1S/C14H24N4O/c1-4-6-9-18(11(3)5-2)14(19)12-7-8-16-10-13(12)17-15/h7-8,10-11,17H,4-6,9,15H2,1-3H3. The van der Waals surface area contributed by atoms with Crippen LogP contribution < -0.4 is 11.3 Å². The highest BCUT2D eigenvalue weighted by Crippen LogP contribution is 2.17. The van der Waals surface area contributed by atoms with Gasteiger partial charge in [0.25, 0.3) is 5.91 Å². The Morgan fingerprint density at radius 1 is 1.53 bits per heavy atom. The molecule has 1 aromatic rings. The number of rotatable bonds is 7. The maximum atomic E-state index is 12.6. The van der Waals surface area contributed by atoms with Crippen LogP contribution in [0.4, 0.5) is 5.69 Å². The molecule has 0 spiro atoms. The third-order valence-electron chi connectivity index (χ3n) is 3.34. The topological polar surface area (TPSA) is 71.2 Å². The maximum absolute atomic E-state index is 12.6. The number of nitrogens with one attached hydrogen (secondary N) is 1. The van der Waals surface area contributed by atoms with Crippen molar-refractivity contribution in [3.05, 3.63) is 24.0 Å². The van der Waals surface area contributed by atoms with Gasteiger partial charge in [0.05, 0.1) is 17.4 Å². The molecule has 3 N–H and O–H groups in total. The van der Waals surface area contributed by atoms with Gasteiger partial charge in [0.1, 0.15) is 0 Å². The predicted octanol–water partition coefficient (Wildman–Crippen LogP) is 2.41. The zero-order valence-corrected chi connectivity index (χ0v) is 12.0. The van der Waals surface area contributed by atoms with E-state index >= 15 is 0 Å². The Balaban J connectivity index is 2.97. The third-order valence-corrected chi connectivity index (χ3v) is 3.34. The predicted molar refractivity (Wildman–Crippen MR) is 77.7 cm³/mol. The molecule has 0 aliphatic carbocycles. The number of amides is 1. The van der Waals surface area contributed by atoms with Gasteiger partial charge in [-0.2, -0.15) is 0 Å². The van der Waals surface area contributed by atoms with Crippen LogP contribution in [0.2, 0.25) is 0 Å². The first-order chi connectivity index (χ1) is 9.15. The molecule has 1 rings (SSSR count). The summed E-state index contributed by atoms with van der Waals surface area (Å²) in [5.41, 5.74) is 3.68. The molecule has 0 aliphatic heterocycles. The number of nitrogens with zero attached hydrogens (tertiary/aromatic N) is 2. The number of unbranched alkanes of at least 4 members (excludes halogenated alkanes) is 1. The van der Waals surface area contributed by atoms with E-state index in [9.17, 15) is 4.79 Å². The molecule has 0 radical (unpaired) electrons. The maximum Gasteiger partial charge on any atom is 0.256 e. The van der Waals surface area contributed by atoms with E-state index in [0.717, 1.165) is 25.8 Å². The largest absolute Gasteiger partial charge is 0.336 e. The van der Waals surface area contributed by atoms with Crippen LogP contribution in [0.3, 0.4) is 0 Å². The summed E-state index contributed by atoms with van der Waals surface area (Å²) in [4.78, 5) is 18.5. The Bertz CT molecular complexity index is 408. The van der Waals surface area contributed by atoms with Gasteiger partial charge < -0.3 is 10.3 Å². The number of hydrazine groups is 1. The van der Waals surface area contributed by atoms with Crippen molar-refractivity contribution in [2.45, 2.75) is 46.1 Å². The Morgan fingerprint density at radius 2 is 2.26 bits per heavy atom. The quantitative estimate of drug-likeness (QED) is 0.586. The lowest BCUT2D eigenvalue weighted by Gasteiger charge is -2.29. The minimum absolute atomic E-state index is 0.0122. The first-order valence-corrected chi connectivity index (χ1v) is 6.87. The number of nitrogen functional groups attached to an aromatic ring is 1. The number of hydrogen-bond donors (Lipinski definition) is 2. The van der Waals surface area contributed by atoms with Crippen molar-refractivity contribution in [3.63, 3.8) is 0 Å². The van der Waals surface area contributed by atoms with Gasteiger partial charge in [0, 0.05) is 18.8 Å². The molecule has 0 aromatic carbocycles. The average Bonchev–Trinajstić information content (AvgIpc) is 2.46. The summed E-state index contributed by atoms with van der Waals surface area (Å²) in [6.45, 7) is 7.06. The van der Waals surface area contributed by atoms with Gasteiger partial charge in [0.2, 0.25) is 0 Å². The van der Waals surface area contributed by atoms with Crippen molar-refractivity contribution >= 4 is 11.6 Å². The van der Waals surface area contributed by atoms with Gasteiger partial charge in [-0.25, -0.2) is 0 Å². The van der Waals surface area contributed by atoms with Crippen molar-refractivity contribution < 1.29 is 4.79 Å². The Kier molecular flexibility index (Phi) is 6.29. The Morgan fingerprint density at radius 3 is 2.84 bits per heavy atom. The summed E-state index contributed by atoms with van der Waals surface area (Å²) in [6.07, 6.45) is 6.20. The first-order valence-electron chi connectivity index (χ1n) is 6.87. The summed E-state index contributed by atoms with van der Waals surface area (Å²) < 4.78 is 0. The second-order valence-corrected chi connectivity index (χ2v) is 4.67. The monoisotopic (exact) mass is 264 g/mol. The van der Waals surface area contributed by atoms with Crippen molar-refractivity contribution in [1.82, 2.24) is 9.88 Å². The number of carbonyl (C=O) groups is 1. The zero-order chi connectivity index (χ0) is 14.3. The van der Waals surface area contributed by atoms with E-state index in [0.29, 0.717) is 11.3 Å². The fraction of sp³-hybridized carbons (Fsp3) is 0.571. The van der Waals surface area contributed by atoms with Gasteiger partial charge in [-0.05, 0) is 25.8 Å². The molecular weight excluding hydrogens is 240 g/mol. The van der Waals surface area contributed by atoms with E-state index in [1.807, 2.05) is 4.90 Å². The molecule has 0 saturated heterocycles. The van der Waals surface area contributed by atoms with E-state index in [1.165, 1.54) is 0 Å². The summed E-state index contributed by atoms with van der Waals surface area (Å²) >= 11 is 0. The van der Waals surface area contributed by atoms with Crippen LogP contribution >= 0.6 is 0 Å². The van der Waals surface area contributed by atoms with E-state index in [1.54, 1.807) is 18.5 Å². The van der Waals surface area contributed by atoms with Crippen molar-refractivity contribution in [3.8, 4) is 0 Å². The van der Waals surface area contributed by atoms with Crippen LogP contribution in [-0.2, 0) is 0 Å². The van der Waals surface area contributed by atoms with E-state index in [4.69, 9.17) is 5.84 Å². The molecule has 1 unspecified atom stereocenters. The number of pyridine rings is 1. The van der Waals surface area contributed by atoms with Crippen molar-refractivity contribution in [2.75, 3.05) is 12.0 Å². The van der Waals surface area contributed by atoms with Crippen molar-refractivity contribution in [2.24, 2.45) is 5.84 Å². The highest BCUT2D eigenvalue weighted by Gasteiger charge is 2.22. The lowest BCUT2D eigenvalue weighted by molar-refractivity contribution is 0.0686. The molecule has 1 amide bonds. The number of anilines is 1. The average molecular weight is 264 g/mol. The molecule has 1 aromatic heterocycles. The summed E-state index contributed by atoms with van der Waals surface area (Å²) in [6, 6.07) is 1.93. The van der Waals surface area contributed by atoms with Gasteiger partial charge in [-0.1, -0.05) is 20.3 Å². The fourth-order valence-electron chi connectivity index (χ4n) is 1.92. The van der Waals surface area contributed by atoms with E-state index < -0.39 is 0 Å². The molecule has 0 bridgehead atoms. The molecule has 1 heterocycles. The van der Waals surface area contributed by atoms with E-state index in [2.05, 4.69) is 31.2 Å². The summed E-state index contributed by atoms with van der Waals surface area (Å²) in [7, 11) is 0. The van der Waals surface area contributed by atoms with Gasteiger partial charge in [-0.15, -0.1) is 0 Å². The zero-order valence-electron chi connectivity index (χ0n) is 12.0. The smallest absolute Gasteiger partial charge is 0.256 e. The highest BCUT2D eigenvalue weighted by molar-refractivity contribution is 5.99. The molecule has 5 nitrogen and oxygen atoms in total. The first kappa shape index (κ1) is 15.4. The van der Waals surface area contributed by atoms with Crippen LogP contribution in [0, 0.1) is 0 Å². The number of aromatic nitrogens is 1. The number of nitrogens with two attached hydrogens (primary N) is 1. The van der Waals surface area contributed by atoms with E-state index in [-0.39, 0.29) is 11.9 Å². The van der Waals surface area contributed by atoms with Gasteiger partial charge in [-0.3, -0.25) is 15.6 Å². The molecule has 1 atom stereocenters. The minimum atomic E-state index is 0.0122.